The van der Waals surface area contributed by atoms with Gasteiger partial charge >= 0.3 is 0 Å². The van der Waals surface area contributed by atoms with Crippen molar-refractivity contribution in [3.05, 3.63) is 34.9 Å². The highest BCUT2D eigenvalue weighted by molar-refractivity contribution is 6.30. The van der Waals surface area contributed by atoms with E-state index in [1.165, 1.54) is 0 Å². The van der Waals surface area contributed by atoms with Gasteiger partial charge in [0.1, 0.15) is 0 Å². The fraction of sp³-hybridized carbons (Fsp3) is 0.538. The average Bonchev–Trinajstić information content (AvgIpc) is 2.23. The maximum Gasteiger partial charge on any atom is 0.0689 e. The molecule has 0 amide bonds. The summed E-state index contributed by atoms with van der Waals surface area (Å²) in [5.41, 5.74) is 6.36. The highest BCUT2D eigenvalue weighted by Crippen LogP contribution is 2.31. The third-order valence-electron chi connectivity index (χ3n) is 3.38. The molecule has 16 heavy (non-hydrogen) atoms. The van der Waals surface area contributed by atoms with Crippen molar-refractivity contribution in [2.75, 3.05) is 0 Å². The molecule has 0 radical (unpaired) electrons. The standard InChI is InChI=1S/C13H18ClNO/c14-11-3-1-2-10(8-11)9-13(16)6-4-12(15)5-7-13/h1-3,8,12,16H,4-7,9,15H2. The van der Waals surface area contributed by atoms with Crippen LogP contribution < -0.4 is 5.73 Å². The third kappa shape index (κ3) is 2.97. The number of halogens is 1. The molecule has 1 saturated carbocycles. The van der Waals surface area contributed by atoms with Crippen molar-refractivity contribution in [3.8, 4) is 0 Å². The zero-order chi connectivity index (χ0) is 11.6. The predicted octanol–water partition coefficient (Wildman–Crippen LogP) is 2.51. The quantitative estimate of drug-likeness (QED) is 0.833. The van der Waals surface area contributed by atoms with Crippen LogP contribution in [0.1, 0.15) is 31.2 Å². The van der Waals surface area contributed by atoms with Crippen LogP contribution in [0.15, 0.2) is 24.3 Å². The van der Waals surface area contributed by atoms with Gasteiger partial charge in [0.05, 0.1) is 5.60 Å². The van der Waals surface area contributed by atoms with E-state index in [2.05, 4.69) is 0 Å². The summed E-state index contributed by atoms with van der Waals surface area (Å²) in [6.07, 6.45) is 4.09. The molecule has 88 valence electrons. The molecule has 0 saturated heterocycles. The number of hydrogen-bond acceptors (Lipinski definition) is 2. The van der Waals surface area contributed by atoms with E-state index in [1.54, 1.807) is 0 Å². The molecule has 0 unspecified atom stereocenters. The molecular formula is C13H18ClNO. The first-order valence-corrected chi connectivity index (χ1v) is 6.18. The molecule has 1 aromatic carbocycles. The number of benzene rings is 1. The summed E-state index contributed by atoms with van der Waals surface area (Å²) in [6, 6.07) is 7.98. The van der Waals surface area contributed by atoms with Gasteiger partial charge in [-0.15, -0.1) is 0 Å². The molecule has 2 nitrogen and oxygen atoms in total. The van der Waals surface area contributed by atoms with Crippen LogP contribution >= 0.6 is 11.6 Å². The molecule has 0 aliphatic heterocycles. The second-order valence-corrected chi connectivity index (χ2v) is 5.30. The van der Waals surface area contributed by atoms with Crippen LogP contribution in [0.3, 0.4) is 0 Å². The molecule has 0 bridgehead atoms. The van der Waals surface area contributed by atoms with Gasteiger partial charge in [-0.1, -0.05) is 23.7 Å². The van der Waals surface area contributed by atoms with Crippen LogP contribution in [0.4, 0.5) is 0 Å². The Labute approximate surface area is 101 Å². The van der Waals surface area contributed by atoms with Gasteiger partial charge in [-0.25, -0.2) is 0 Å². The summed E-state index contributed by atoms with van der Waals surface area (Å²) in [5.74, 6) is 0. The zero-order valence-corrected chi connectivity index (χ0v) is 10.1. The molecule has 1 aromatic rings. The SMILES string of the molecule is NC1CCC(O)(Cc2cccc(Cl)c2)CC1. The minimum absolute atomic E-state index is 0.264. The topological polar surface area (TPSA) is 46.2 Å². The third-order valence-corrected chi connectivity index (χ3v) is 3.62. The van der Waals surface area contributed by atoms with E-state index >= 15 is 0 Å². The van der Waals surface area contributed by atoms with E-state index in [4.69, 9.17) is 17.3 Å². The van der Waals surface area contributed by atoms with Gasteiger partial charge in [0.25, 0.3) is 0 Å². The Morgan fingerprint density at radius 3 is 2.69 bits per heavy atom. The fourth-order valence-corrected chi connectivity index (χ4v) is 2.59. The van der Waals surface area contributed by atoms with Crippen LogP contribution in [0.2, 0.25) is 5.02 Å². The molecule has 2 rings (SSSR count). The summed E-state index contributed by atoms with van der Waals surface area (Å²) in [4.78, 5) is 0. The molecule has 1 aliphatic rings. The first-order chi connectivity index (χ1) is 7.57. The zero-order valence-electron chi connectivity index (χ0n) is 9.32. The Hall–Kier alpha value is -0.570. The summed E-state index contributed by atoms with van der Waals surface area (Å²) in [7, 11) is 0. The van der Waals surface area contributed by atoms with Crippen LogP contribution in [-0.4, -0.2) is 16.7 Å². The van der Waals surface area contributed by atoms with E-state index in [0.717, 1.165) is 36.3 Å². The first kappa shape index (κ1) is 11.9. The second kappa shape index (κ2) is 4.74. The number of nitrogens with two attached hydrogens (primary N) is 1. The minimum atomic E-state index is -0.583. The smallest absolute Gasteiger partial charge is 0.0689 e. The van der Waals surface area contributed by atoms with Gasteiger partial charge in [-0.3, -0.25) is 0 Å². The minimum Gasteiger partial charge on any atom is -0.390 e. The van der Waals surface area contributed by atoms with Crippen molar-refractivity contribution in [3.63, 3.8) is 0 Å². The van der Waals surface area contributed by atoms with Crippen molar-refractivity contribution in [2.45, 2.75) is 43.7 Å². The normalized spacial score (nSPS) is 30.3. The van der Waals surface area contributed by atoms with E-state index < -0.39 is 5.60 Å². The molecule has 0 heterocycles. The van der Waals surface area contributed by atoms with Crippen LogP contribution in [-0.2, 0) is 6.42 Å². The predicted molar refractivity (Wildman–Crippen MR) is 66.5 cm³/mol. The monoisotopic (exact) mass is 239 g/mol. The maximum absolute atomic E-state index is 10.4. The van der Waals surface area contributed by atoms with Crippen LogP contribution in [0.5, 0.6) is 0 Å². The Bertz CT molecular complexity index is 359. The van der Waals surface area contributed by atoms with Crippen molar-refractivity contribution in [2.24, 2.45) is 5.73 Å². The van der Waals surface area contributed by atoms with E-state index in [9.17, 15) is 5.11 Å². The highest BCUT2D eigenvalue weighted by Gasteiger charge is 2.31. The van der Waals surface area contributed by atoms with Gasteiger partial charge in [-0.05, 0) is 43.4 Å². The van der Waals surface area contributed by atoms with Crippen molar-refractivity contribution in [1.82, 2.24) is 0 Å². The average molecular weight is 240 g/mol. The molecule has 3 N–H and O–H groups in total. The van der Waals surface area contributed by atoms with Crippen LogP contribution in [0.25, 0.3) is 0 Å². The maximum atomic E-state index is 10.4. The molecule has 1 fully saturated rings. The Balaban J connectivity index is 2.03. The Kier molecular flexibility index (Phi) is 3.53. The lowest BCUT2D eigenvalue weighted by atomic mass is 9.79. The molecule has 0 atom stereocenters. The van der Waals surface area contributed by atoms with E-state index in [0.29, 0.717) is 6.42 Å². The van der Waals surface area contributed by atoms with Crippen LogP contribution in [0, 0.1) is 0 Å². The molecule has 1 aliphatic carbocycles. The first-order valence-electron chi connectivity index (χ1n) is 5.80. The lowest BCUT2D eigenvalue weighted by Gasteiger charge is -2.35. The van der Waals surface area contributed by atoms with Gasteiger partial charge in [0.2, 0.25) is 0 Å². The van der Waals surface area contributed by atoms with Crippen molar-refractivity contribution < 1.29 is 5.11 Å². The Morgan fingerprint density at radius 1 is 1.38 bits per heavy atom. The van der Waals surface area contributed by atoms with Gasteiger partial charge in [-0.2, -0.15) is 0 Å². The molecular weight excluding hydrogens is 222 g/mol. The number of hydrogen-bond donors (Lipinski definition) is 2. The summed E-state index contributed by atoms with van der Waals surface area (Å²) < 4.78 is 0. The molecule has 0 spiro atoms. The van der Waals surface area contributed by atoms with Crippen molar-refractivity contribution >= 4 is 11.6 Å². The van der Waals surface area contributed by atoms with Gasteiger partial charge < -0.3 is 10.8 Å². The summed E-state index contributed by atoms with van der Waals surface area (Å²) >= 11 is 5.93. The largest absolute Gasteiger partial charge is 0.390 e. The summed E-state index contributed by atoms with van der Waals surface area (Å²) in [5, 5.41) is 11.2. The highest BCUT2D eigenvalue weighted by atomic mass is 35.5. The fourth-order valence-electron chi connectivity index (χ4n) is 2.38. The van der Waals surface area contributed by atoms with Gasteiger partial charge in [0.15, 0.2) is 0 Å². The van der Waals surface area contributed by atoms with E-state index in [1.807, 2.05) is 24.3 Å². The molecule has 3 heteroatoms. The number of rotatable bonds is 2. The molecule has 0 aromatic heterocycles. The van der Waals surface area contributed by atoms with Crippen molar-refractivity contribution in [1.29, 1.82) is 0 Å². The number of aliphatic hydroxyl groups is 1. The Morgan fingerprint density at radius 2 is 2.06 bits per heavy atom. The second-order valence-electron chi connectivity index (χ2n) is 4.87. The summed E-state index contributed by atoms with van der Waals surface area (Å²) in [6.45, 7) is 0. The lowest BCUT2D eigenvalue weighted by molar-refractivity contribution is 0.000219. The lowest BCUT2D eigenvalue weighted by Crippen LogP contribution is -2.40. The van der Waals surface area contributed by atoms with Gasteiger partial charge in [0, 0.05) is 17.5 Å². The van der Waals surface area contributed by atoms with E-state index in [-0.39, 0.29) is 6.04 Å².